The van der Waals surface area contributed by atoms with Gasteiger partial charge in [0.05, 0.1) is 10.8 Å². The SMILES string of the molecule is CC1CCN(S(=O)(=O)c2ccc(NC(=O)C3COc4ccccc4C3)cc2)CC1. The van der Waals surface area contributed by atoms with Gasteiger partial charge in [0.25, 0.3) is 0 Å². The van der Waals surface area contributed by atoms with Crippen LogP contribution in [0, 0.1) is 11.8 Å². The molecule has 0 spiro atoms. The van der Waals surface area contributed by atoms with E-state index in [0.717, 1.165) is 24.2 Å². The molecule has 154 valence electrons. The zero-order valence-electron chi connectivity index (χ0n) is 16.5. The lowest BCUT2D eigenvalue weighted by Gasteiger charge is -2.29. The summed E-state index contributed by atoms with van der Waals surface area (Å²) in [4.78, 5) is 12.9. The second kappa shape index (κ2) is 8.16. The van der Waals surface area contributed by atoms with Crippen LogP contribution in [0.2, 0.25) is 0 Å². The van der Waals surface area contributed by atoms with Gasteiger partial charge in [-0.3, -0.25) is 4.79 Å². The van der Waals surface area contributed by atoms with Crippen molar-refractivity contribution in [1.82, 2.24) is 4.31 Å². The minimum atomic E-state index is -3.48. The third-order valence-electron chi connectivity index (χ3n) is 5.75. The van der Waals surface area contributed by atoms with Gasteiger partial charge in [0, 0.05) is 18.8 Å². The Balaban J connectivity index is 1.40. The lowest BCUT2D eigenvalue weighted by Crippen LogP contribution is -2.37. The molecule has 29 heavy (non-hydrogen) atoms. The molecule has 0 radical (unpaired) electrons. The van der Waals surface area contributed by atoms with Crippen LogP contribution in [0.15, 0.2) is 53.4 Å². The molecule has 0 bridgehead atoms. The number of anilines is 1. The molecule has 2 heterocycles. The molecule has 2 aliphatic rings. The minimum Gasteiger partial charge on any atom is -0.492 e. The summed E-state index contributed by atoms with van der Waals surface area (Å²) in [6.45, 7) is 3.61. The first-order chi connectivity index (χ1) is 13.9. The van der Waals surface area contributed by atoms with E-state index >= 15 is 0 Å². The summed E-state index contributed by atoms with van der Waals surface area (Å²) in [5.74, 6) is 0.997. The maximum atomic E-state index is 12.8. The molecule has 0 aromatic heterocycles. The molecule has 1 saturated heterocycles. The van der Waals surface area contributed by atoms with Crippen LogP contribution >= 0.6 is 0 Å². The number of nitrogens with zero attached hydrogens (tertiary/aromatic N) is 1. The second-order valence-corrected chi connectivity index (χ2v) is 9.86. The van der Waals surface area contributed by atoms with Gasteiger partial charge in [-0.05, 0) is 61.1 Å². The lowest BCUT2D eigenvalue weighted by molar-refractivity contribution is -0.121. The van der Waals surface area contributed by atoms with Crippen molar-refractivity contribution < 1.29 is 17.9 Å². The van der Waals surface area contributed by atoms with Gasteiger partial charge < -0.3 is 10.1 Å². The normalized spacial score (nSPS) is 20.5. The van der Waals surface area contributed by atoms with Crippen molar-refractivity contribution in [2.24, 2.45) is 11.8 Å². The Morgan fingerprint density at radius 3 is 2.48 bits per heavy atom. The predicted molar refractivity (Wildman–Crippen MR) is 111 cm³/mol. The molecule has 7 heteroatoms. The molecule has 0 saturated carbocycles. The average molecular weight is 415 g/mol. The molecule has 6 nitrogen and oxygen atoms in total. The van der Waals surface area contributed by atoms with Gasteiger partial charge in [-0.25, -0.2) is 8.42 Å². The number of hydrogen-bond donors (Lipinski definition) is 1. The average Bonchev–Trinajstić information content (AvgIpc) is 2.74. The molecule has 4 rings (SSSR count). The van der Waals surface area contributed by atoms with Crippen molar-refractivity contribution in [2.75, 3.05) is 25.0 Å². The van der Waals surface area contributed by atoms with E-state index in [1.807, 2.05) is 24.3 Å². The largest absolute Gasteiger partial charge is 0.492 e. The Morgan fingerprint density at radius 1 is 1.07 bits per heavy atom. The summed E-state index contributed by atoms with van der Waals surface area (Å²) in [5, 5.41) is 2.88. The molecule has 2 aliphatic heterocycles. The van der Waals surface area contributed by atoms with Crippen molar-refractivity contribution >= 4 is 21.6 Å². The van der Waals surface area contributed by atoms with E-state index in [1.165, 1.54) is 0 Å². The van der Waals surface area contributed by atoms with E-state index in [-0.39, 0.29) is 16.7 Å². The highest BCUT2D eigenvalue weighted by molar-refractivity contribution is 7.89. The van der Waals surface area contributed by atoms with Crippen LogP contribution in [0.25, 0.3) is 0 Å². The topological polar surface area (TPSA) is 75.7 Å². The molecular formula is C22H26N2O4S. The molecule has 0 aliphatic carbocycles. The minimum absolute atomic E-state index is 0.125. The van der Waals surface area contributed by atoms with Crippen LogP contribution in [0.3, 0.4) is 0 Å². The van der Waals surface area contributed by atoms with Crippen LogP contribution in [0.5, 0.6) is 5.75 Å². The van der Waals surface area contributed by atoms with E-state index < -0.39 is 10.0 Å². The van der Waals surface area contributed by atoms with Gasteiger partial charge in [0.1, 0.15) is 12.4 Å². The van der Waals surface area contributed by atoms with Crippen LogP contribution < -0.4 is 10.1 Å². The molecule has 1 unspecified atom stereocenters. The number of carbonyl (C=O) groups is 1. The van der Waals surface area contributed by atoms with Crippen molar-refractivity contribution in [1.29, 1.82) is 0 Å². The van der Waals surface area contributed by atoms with Gasteiger partial charge in [0.2, 0.25) is 15.9 Å². The lowest BCUT2D eigenvalue weighted by atomic mass is 9.96. The maximum absolute atomic E-state index is 12.8. The second-order valence-electron chi connectivity index (χ2n) is 7.92. The Hall–Kier alpha value is -2.38. The zero-order valence-corrected chi connectivity index (χ0v) is 17.3. The van der Waals surface area contributed by atoms with Crippen LogP contribution in [0.4, 0.5) is 5.69 Å². The third-order valence-corrected chi connectivity index (χ3v) is 7.66. The van der Waals surface area contributed by atoms with Crippen molar-refractivity contribution in [3.63, 3.8) is 0 Å². The third kappa shape index (κ3) is 4.31. The van der Waals surface area contributed by atoms with Gasteiger partial charge in [-0.1, -0.05) is 25.1 Å². The van der Waals surface area contributed by atoms with Crippen molar-refractivity contribution in [3.8, 4) is 5.75 Å². The van der Waals surface area contributed by atoms with E-state index in [0.29, 0.717) is 37.7 Å². The maximum Gasteiger partial charge on any atom is 0.243 e. The summed E-state index contributed by atoms with van der Waals surface area (Å²) >= 11 is 0. The van der Waals surface area contributed by atoms with Crippen LogP contribution in [-0.2, 0) is 21.2 Å². The predicted octanol–water partition coefficient (Wildman–Crippen LogP) is 3.30. The van der Waals surface area contributed by atoms with E-state index in [1.54, 1.807) is 28.6 Å². The first-order valence-electron chi connectivity index (χ1n) is 10.1. The number of carbonyl (C=O) groups excluding carboxylic acids is 1. The number of ether oxygens (including phenoxy) is 1. The molecule has 1 atom stereocenters. The number of rotatable bonds is 4. The fraction of sp³-hybridized carbons (Fsp3) is 0.409. The van der Waals surface area contributed by atoms with Gasteiger partial charge in [-0.15, -0.1) is 0 Å². The number of piperidine rings is 1. The summed E-state index contributed by atoms with van der Waals surface area (Å²) in [7, 11) is -3.48. The van der Waals surface area contributed by atoms with E-state index in [4.69, 9.17) is 4.74 Å². The first kappa shape index (κ1) is 19.9. The highest BCUT2D eigenvalue weighted by Crippen LogP contribution is 2.28. The Bertz CT molecular complexity index is 980. The molecule has 1 N–H and O–H groups in total. The summed E-state index contributed by atoms with van der Waals surface area (Å²) in [6, 6.07) is 14.2. The number of para-hydroxylation sites is 1. The van der Waals surface area contributed by atoms with Crippen molar-refractivity contribution in [2.45, 2.75) is 31.1 Å². The van der Waals surface area contributed by atoms with Crippen molar-refractivity contribution in [3.05, 3.63) is 54.1 Å². The number of hydrogen-bond acceptors (Lipinski definition) is 4. The van der Waals surface area contributed by atoms with Gasteiger partial charge in [0.15, 0.2) is 0 Å². The number of sulfonamides is 1. The molecule has 1 amide bonds. The summed E-state index contributed by atoms with van der Waals surface area (Å²) in [5.41, 5.74) is 1.61. The molecular weight excluding hydrogens is 388 g/mol. The highest BCUT2D eigenvalue weighted by atomic mass is 32.2. The van der Waals surface area contributed by atoms with Crippen LogP contribution in [-0.4, -0.2) is 38.3 Å². The number of nitrogens with one attached hydrogen (secondary N) is 1. The Labute approximate surface area is 171 Å². The van der Waals surface area contributed by atoms with E-state index in [2.05, 4.69) is 12.2 Å². The molecule has 2 aromatic rings. The van der Waals surface area contributed by atoms with E-state index in [9.17, 15) is 13.2 Å². The first-order valence-corrected chi connectivity index (χ1v) is 11.5. The highest BCUT2D eigenvalue weighted by Gasteiger charge is 2.28. The number of benzene rings is 2. The Morgan fingerprint density at radius 2 is 1.76 bits per heavy atom. The summed E-state index contributed by atoms with van der Waals surface area (Å²) in [6.07, 6.45) is 2.40. The van der Waals surface area contributed by atoms with Gasteiger partial charge >= 0.3 is 0 Å². The zero-order chi connectivity index (χ0) is 20.4. The monoisotopic (exact) mass is 414 g/mol. The number of amides is 1. The smallest absolute Gasteiger partial charge is 0.243 e. The van der Waals surface area contributed by atoms with Crippen LogP contribution in [0.1, 0.15) is 25.3 Å². The number of fused-ring (bicyclic) bond motifs is 1. The fourth-order valence-electron chi connectivity index (χ4n) is 3.83. The molecule has 2 aromatic carbocycles. The van der Waals surface area contributed by atoms with Gasteiger partial charge in [-0.2, -0.15) is 4.31 Å². The molecule has 1 fully saturated rings. The fourth-order valence-corrected chi connectivity index (χ4v) is 5.30. The summed E-state index contributed by atoms with van der Waals surface area (Å²) < 4.78 is 32.9. The standard InChI is InChI=1S/C22H26N2O4S/c1-16-10-12-24(13-11-16)29(26,27)20-8-6-19(7-9-20)23-22(25)18-14-17-4-2-3-5-21(17)28-15-18/h2-9,16,18H,10-15H2,1H3,(H,23,25). The quantitative estimate of drug-likeness (QED) is 0.833. The Kier molecular flexibility index (Phi) is 5.61.